The fraction of sp³-hybridized carbons (Fsp3) is 0.310. The second-order valence-electron chi connectivity index (χ2n) is 13.6. The van der Waals surface area contributed by atoms with Crippen LogP contribution in [0, 0.1) is 43.6 Å². The van der Waals surface area contributed by atoms with E-state index < -0.39 is 37.3 Å². The SMILES string of the molecule is [2H]C([2H])([2H])c1c[c-]c(-c2cc(C)c(C([2H])([2H])C(C)(C)C)cn2)cc1.[2H]C([2H])([2H])c1cc2oc3c[c-]c(-c4cc(C([2H])([2H])C(C)(C)C)ccn4)c4ccc(n1)c2c34.[Ir]. The Hall–Kier alpha value is -3.92. The molecule has 7 aromatic rings. The molecule has 0 aliphatic heterocycles. The second kappa shape index (κ2) is 13.3. The number of hydrogen-bond donors (Lipinski definition) is 0. The molecular weight excluding hydrogens is 755 g/mol. The Kier molecular flexibility index (Phi) is 6.62. The maximum Gasteiger partial charge on any atom is 0.124 e. The summed E-state index contributed by atoms with van der Waals surface area (Å²) in [5.41, 5.74) is 5.34. The third kappa shape index (κ3) is 7.80. The molecule has 4 aromatic heterocycles. The first kappa shape index (κ1) is 23.4. The van der Waals surface area contributed by atoms with E-state index in [9.17, 15) is 0 Å². The van der Waals surface area contributed by atoms with Crippen LogP contribution in [0.25, 0.3) is 55.4 Å². The van der Waals surface area contributed by atoms with Crippen LogP contribution in [-0.2, 0) is 32.9 Å². The monoisotopic (exact) mass is 808 g/mol. The smallest absolute Gasteiger partial charge is 0.124 e. The molecule has 4 nitrogen and oxygen atoms in total. The van der Waals surface area contributed by atoms with E-state index in [1.165, 1.54) is 12.1 Å². The number of nitrogens with zero attached hydrogens (tertiary/aromatic N) is 3. The molecule has 0 fully saturated rings. The first-order valence-electron chi connectivity index (χ1n) is 20.2. The molecule has 0 saturated carbocycles. The van der Waals surface area contributed by atoms with Crippen molar-refractivity contribution in [2.45, 2.75) is 74.9 Å². The van der Waals surface area contributed by atoms with Crippen LogP contribution in [0.1, 0.15) is 83.2 Å². The normalized spacial score (nSPS) is 16.2. The molecule has 0 N–H and O–H groups in total. The summed E-state index contributed by atoms with van der Waals surface area (Å²) in [7, 11) is 0. The molecule has 243 valence electrons. The zero-order chi connectivity index (χ0) is 41.4. The van der Waals surface area contributed by atoms with Crippen LogP contribution in [0.2, 0.25) is 0 Å². The van der Waals surface area contributed by atoms with E-state index in [2.05, 4.69) is 27.1 Å². The van der Waals surface area contributed by atoms with Gasteiger partial charge < -0.3 is 14.4 Å². The van der Waals surface area contributed by atoms with Gasteiger partial charge in [0.25, 0.3) is 0 Å². The van der Waals surface area contributed by atoms with E-state index in [1.54, 1.807) is 48.8 Å². The summed E-state index contributed by atoms with van der Waals surface area (Å²) in [5, 5.41) is 2.45. The van der Waals surface area contributed by atoms with Crippen molar-refractivity contribution in [3.8, 4) is 22.5 Å². The summed E-state index contributed by atoms with van der Waals surface area (Å²) in [4.78, 5) is 13.2. The third-order valence-electron chi connectivity index (χ3n) is 7.27. The van der Waals surface area contributed by atoms with Crippen LogP contribution >= 0.6 is 0 Å². The molecule has 0 spiro atoms. The van der Waals surface area contributed by atoms with Gasteiger partial charge in [0, 0.05) is 63.4 Å². The molecule has 0 atom stereocenters. The van der Waals surface area contributed by atoms with E-state index in [1.807, 2.05) is 60.6 Å². The Morgan fingerprint density at radius 3 is 2.30 bits per heavy atom. The molecule has 0 saturated heterocycles. The van der Waals surface area contributed by atoms with Crippen molar-refractivity contribution in [2.75, 3.05) is 0 Å². The van der Waals surface area contributed by atoms with Gasteiger partial charge in [0.2, 0.25) is 0 Å². The third-order valence-corrected chi connectivity index (χ3v) is 7.27. The van der Waals surface area contributed by atoms with Crippen molar-refractivity contribution in [3.05, 3.63) is 113 Å². The van der Waals surface area contributed by atoms with Gasteiger partial charge in [-0.2, -0.15) is 0 Å². The van der Waals surface area contributed by atoms with Gasteiger partial charge in [-0.1, -0.05) is 83.1 Å². The minimum Gasteiger partial charge on any atom is -0.500 e. The van der Waals surface area contributed by atoms with Crippen molar-refractivity contribution in [3.63, 3.8) is 0 Å². The van der Waals surface area contributed by atoms with Crippen LogP contribution in [0.5, 0.6) is 0 Å². The molecule has 47 heavy (non-hydrogen) atoms. The standard InChI is InChI=1S/C24H21N2O.C18H22N.Ir/c1-14-11-21-23-18(26-14)7-5-17-16(6-8-20(27-21)22(17)23)19-12-15(9-10-25-19)13-24(2,3)4;1-13-6-8-15(9-7-13)17-10-14(2)16(12-19-17)11-18(3,4)5;/h5,7-12H,13H2,1-4H3;6-8,10,12H,11H2,1-5H3;/q2*-1;/i1D3,13D2;1D3,11D2;. The average molecular weight is 808 g/mol. The zero-order valence-corrected chi connectivity index (χ0v) is 29.9. The fourth-order valence-corrected chi connectivity index (χ4v) is 5.44. The van der Waals surface area contributed by atoms with Gasteiger partial charge in [-0.05, 0) is 71.8 Å². The molecule has 7 rings (SSSR count). The zero-order valence-electron chi connectivity index (χ0n) is 37.5. The Morgan fingerprint density at radius 2 is 1.62 bits per heavy atom. The summed E-state index contributed by atoms with van der Waals surface area (Å²) in [6, 6.07) is 23.0. The molecule has 0 bridgehead atoms. The van der Waals surface area contributed by atoms with Gasteiger partial charge in [0.15, 0.2) is 0 Å². The molecule has 0 unspecified atom stereocenters. The number of hydrogen-bond acceptors (Lipinski definition) is 4. The maximum atomic E-state index is 8.62. The van der Waals surface area contributed by atoms with Crippen LogP contribution < -0.4 is 0 Å². The van der Waals surface area contributed by atoms with Crippen molar-refractivity contribution in [2.24, 2.45) is 10.8 Å². The summed E-state index contributed by atoms with van der Waals surface area (Å²) in [6.07, 6.45) is 0.139. The number of furan rings is 1. The van der Waals surface area contributed by atoms with Crippen LogP contribution in [0.3, 0.4) is 0 Å². The van der Waals surface area contributed by atoms with Gasteiger partial charge >= 0.3 is 0 Å². The molecular formula is C42H43IrN3O-2. The molecule has 0 aliphatic rings. The first-order chi connectivity index (χ1) is 25.7. The van der Waals surface area contributed by atoms with Gasteiger partial charge in [-0.15, -0.1) is 53.1 Å². The Labute approximate surface area is 306 Å². The Bertz CT molecular complexity index is 2550. The second-order valence-corrected chi connectivity index (χ2v) is 13.6. The summed E-state index contributed by atoms with van der Waals surface area (Å²) >= 11 is 0. The minimum atomic E-state index is -2.33. The van der Waals surface area contributed by atoms with E-state index in [-0.39, 0.29) is 31.4 Å². The molecule has 4 heterocycles. The van der Waals surface area contributed by atoms with E-state index in [0.717, 1.165) is 27.3 Å². The maximum absolute atomic E-state index is 8.62. The molecule has 5 heteroatoms. The van der Waals surface area contributed by atoms with Crippen LogP contribution in [0.4, 0.5) is 0 Å². The number of aryl methyl sites for hydroxylation is 3. The van der Waals surface area contributed by atoms with Gasteiger partial charge in [-0.3, -0.25) is 4.98 Å². The molecule has 3 aromatic carbocycles. The topological polar surface area (TPSA) is 51.8 Å². The van der Waals surface area contributed by atoms with E-state index in [0.29, 0.717) is 44.8 Å². The van der Waals surface area contributed by atoms with Crippen molar-refractivity contribution < 1.29 is 38.2 Å². The van der Waals surface area contributed by atoms with Gasteiger partial charge in [0.1, 0.15) is 5.58 Å². The van der Waals surface area contributed by atoms with Crippen LogP contribution in [0.15, 0.2) is 77.5 Å². The van der Waals surface area contributed by atoms with E-state index in [4.69, 9.17) is 18.1 Å². The summed E-state index contributed by atoms with van der Waals surface area (Å²) in [6.45, 7) is 8.59. The molecule has 0 aliphatic carbocycles. The largest absolute Gasteiger partial charge is 0.500 e. The predicted octanol–water partition coefficient (Wildman–Crippen LogP) is 11.1. The first-order valence-corrected chi connectivity index (χ1v) is 15.2. The number of benzene rings is 3. The van der Waals surface area contributed by atoms with Crippen molar-refractivity contribution >= 4 is 32.8 Å². The quantitative estimate of drug-likeness (QED) is 0.131. The Balaban J connectivity index is 0.000000223. The summed E-state index contributed by atoms with van der Waals surface area (Å²) < 4.78 is 85.2. The number of rotatable bonds is 4. The number of pyridine rings is 3. The van der Waals surface area contributed by atoms with Gasteiger partial charge in [-0.25, -0.2) is 0 Å². The van der Waals surface area contributed by atoms with Crippen LogP contribution in [-0.4, -0.2) is 15.0 Å². The average Bonchev–Trinajstić information content (AvgIpc) is 3.48. The van der Waals surface area contributed by atoms with Crippen molar-refractivity contribution in [1.82, 2.24) is 15.0 Å². The summed E-state index contributed by atoms with van der Waals surface area (Å²) in [5.74, 6) is 0. The predicted molar refractivity (Wildman–Crippen MR) is 191 cm³/mol. The van der Waals surface area contributed by atoms with Gasteiger partial charge in [0.05, 0.1) is 11.1 Å². The molecule has 1 radical (unpaired) electrons. The van der Waals surface area contributed by atoms with E-state index >= 15 is 0 Å². The molecule has 0 amide bonds. The number of aromatic nitrogens is 3. The minimum absolute atomic E-state index is 0. The fourth-order valence-electron chi connectivity index (χ4n) is 5.44. The van der Waals surface area contributed by atoms with Crippen molar-refractivity contribution in [1.29, 1.82) is 0 Å². The Morgan fingerprint density at radius 1 is 0.809 bits per heavy atom.